The highest BCUT2D eigenvalue weighted by molar-refractivity contribution is 7.80. The van der Waals surface area contributed by atoms with Crippen molar-refractivity contribution in [2.24, 2.45) is 0 Å². The fourth-order valence-electron chi connectivity index (χ4n) is 3.77. The number of nitrogens with zero attached hydrogens (tertiary/aromatic N) is 3. The molecule has 0 spiro atoms. The van der Waals surface area contributed by atoms with Gasteiger partial charge in [-0.1, -0.05) is 24.6 Å². The largest absolute Gasteiger partial charge is 0.494 e. The minimum absolute atomic E-state index is 0.0581. The molecular formula is C26H25ClN4O3S. The van der Waals surface area contributed by atoms with E-state index in [-0.39, 0.29) is 18.2 Å². The molecule has 180 valence electrons. The van der Waals surface area contributed by atoms with Crippen molar-refractivity contribution >= 4 is 52.1 Å². The van der Waals surface area contributed by atoms with E-state index < -0.39 is 6.04 Å². The molecule has 1 aromatic heterocycles. The summed E-state index contributed by atoms with van der Waals surface area (Å²) < 4.78 is 5.58. The van der Waals surface area contributed by atoms with Crippen LogP contribution in [0.2, 0.25) is 5.02 Å². The molecule has 2 heterocycles. The van der Waals surface area contributed by atoms with E-state index in [1.54, 1.807) is 65.8 Å². The number of pyridine rings is 1. The fraction of sp³-hybridized carbons (Fsp3) is 0.231. The van der Waals surface area contributed by atoms with E-state index in [1.165, 1.54) is 4.90 Å². The number of hydrogen-bond donors (Lipinski definition) is 1. The molecule has 0 radical (unpaired) electrons. The Labute approximate surface area is 214 Å². The predicted molar refractivity (Wildman–Crippen MR) is 141 cm³/mol. The number of carbonyl (C=O) groups is 2. The minimum atomic E-state index is -0.759. The molecule has 2 amide bonds. The molecule has 1 N–H and O–H groups in total. The van der Waals surface area contributed by atoms with Crippen LogP contribution in [0.4, 0.5) is 11.4 Å². The van der Waals surface area contributed by atoms with E-state index >= 15 is 0 Å². The van der Waals surface area contributed by atoms with Crippen molar-refractivity contribution in [3.05, 3.63) is 83.6 Å². The van der Waals surface area contributed by atoms with Gasteiger partial charge in [-0.2, -0.15) is 0 Å². The summed E-state index contributed by atoms with van der Waals surface area (Å²) in [6.07, 6.45) is 4.26. The highest BCUT2D eigenvalue weighted by Gasteiger charge is 2.44. The second kappa shape index (κ2) is 11.3. The minimum Gasteiger partial charge on any atom is -0.494 e. The molecule has 9 heteroatoms. The molecule has 35 heavy (non-hydrogen) atoms. The van der Waals surface area contributed by atoms with E-state index in [4.69, 9.17) is 28.6 Å². The van der Waals surface area contributed by atoms with Crippen molar-refractivity contribution in [3.63, 3.8) is 0 Å². The Morgan fingerprint density at radius 2 is 1.89 bits per heavy atom. The van der Waals surface area contributed by atoms with Gasteiger partial charge in [0.1, 0.15) is 11.8 Å². The van der Waals surface area contributed by atoms with Gasteiger partial charge in [0.05, 0.1) is 18.7 Å². The number of halogens is 1. The van der Waals surface area contributed by atoms with Gasteiger partial charge in [0.15, 0.2) is 5.11 Å². The third kappa shape index (κ3) is 5.96. The number of thiocarbonyl (C=S) groups is 1. The molecular weight excluding hydrogens is 484 g/mol. The Morgan fingerprint density at radius 3 is 2.54 bits per heavy atom. The van der Waals surface area contributed by atoms with Crippen molar-refractivity contribution in [2.75, 3.05) is 16.8 Å². The lowest BCUT2D eigenvalue weighted by atomic mass is 10.1. The third-order valence-corrected chi connectivity index (χ3v) is 6.14. The first-order valence-electron chi connectivity index (χ1n) is 11.3. The molecule has 7 nitrogen and oxygen atoms in total. The maximum absolute atomic E-state index is 13.5. The van der Waals surface area contributed by atoms with Crippen LogP contribution < -0.4 is 15.0 Å². The van der Waals surface area contributed by atoms with Gasteiger partial charge in [-0.15, -0.1) is 0 Å². The number of carbonyl (C=O) groups excluding carboxylic acids is 2. The van der Waals surface area contributed by atoms with Crippen molar-refractivity contribution in [2.45, 2.75) is 32.4 Å². The predicted octanol–water partition coefficient (Wildman–Crippen LogP) is 5.05. The van der Waals surface area contributed by atoms with E-state index in [0.29, 0.717) is 34.7 Å². The average Bonchev–Trinajstić information content (AvgIpc) is 3.08. The molecule has 1 unspecified atom stereocenters. The van der Waals surface area contributed by atoms with Crippen molar-refractivity contribution in [3.8, 4) is 5.75 Å². The number of ether oxygens (including phenoxy) is 1. The Kier molecular flexibility index (Phi) is 7.94. The lowest BCUT2D eigenvalue weighted by Gasteiger charge is -2.24. The van der Waals surface area contributed by atoms with Crippen LogP contribution >= 0.6 is 23.8 Å². The van der Waals surface area contributed by atoms with Crippen molar-refractivity contribution in [1.82, 2.24) is 9.88 Å². The van der Waals surface area contributed by atoms with E-state index in [1.807, 2.05) is 19.1 Å². The molecule has 0 bridgehead atoms. The molecule has 1 atom stereocenters. The van der Waals surface area contributed by atoms with Gasteiger partial charge in [-0.3, -0.25) is 19.5 Å². The Balaban J connectivity index is 1.52. The van der Waals surface area contributed by atoms with Gasteiger partial charge < -0.3 is 15.0 Å². The quantitative estimate of drug-likeness (QED) is 0.407. The Bertz CT molecular complexity index is 1190. The second-order valence-corrected chi connectivity index (χ2v) is 8.86. The summed E-state index contributed by atoms with van der Waals surface area (Å²) in [4.78, 5) is 33.8. The van der Waals surface area contributed by atoms with E-state index in [9.17, 15) is 9.59 Å². The number of amides is 2. The maximum atomic E-state index is 13.5. The molecule has 1 aliphatic heterocycles. The number of nitrogens with one attached hydrogen (secondary N) is 1. The molecule has 1 saturated heterocycles. The van der Waals surface area contributed by atoms with Crippen LogP contribution in [0.25, 0.3) is 0 Å². The van der Waals surface area contributed by atoms with Gasteiger partial charge in [-0.05, 0) is 78.8 Å². The number of hydrogen-bond acceptors (Lipinski definition) is 5. The van der Waals surface area contributed by atoms with Gasteiger partial charge in [0, 0.05) is 29.6 Å². The molecule has 3 aromatic rings. The molecule has 0 saturated carbocycles. The molecule has 2 aromatic carbocycles. The molecule has 1 aliphatic rings. The van der Waals surface area contributed by atoms with Crippen LogP contribution in [0.1, 0.15) is 25.3 Å². The van der Waals surface area contributed by atoms with E-state index in [0.717, 1.165) is 17.7 Å². The number of rotatable bonds is 9. The smallest absolute Gasteiger partial charge is 0.256 e. The highest BCUT2D eigenvalue weighted by Crippen LogP contribution is 2.29. The van der Waals surface area contributed by atoms with Crippen LogP contribution in [-0.2, 0) is 16.1 Å². The summed E-state index contributed by atoms with van der Waals surface area (Å²) in [6.45, 7) is 3.02. The van der Waals surface area contributed by atoms with Crippen LogP contribution in [0.3, 0.4) is 0 Å². The Morgan fingerprint density at radius 1 is 1.14 bits per heavy atom. The van der Waals surface area contributed by atoms with Crippen molar-refractivity contribution < 1.29 is 14.3 Å². The van der Waals surface area contributed by atoms with E-state index in [2.05, 4.69) is 10.3 Å². The summed E-state index contributed by atoms with van der Waals surface area (Å²) in [7, 11) is 0. The summed E-state index contributed by atoms with van der Waals surface area (Å²) in [6, 6.07) is 17.0. The van der Waals surface area contributed by atoms with Gasteiger partial charge in [0.25, 0.3) is 5.91 Å². The summed E-state index contributed by atoms with van der Waals surface area (Å²) >= 11 is 11.7. The summed E-state index contributed by atoms with van der Waals surface area (Å²) in [5.41, 5.74) is 2.11. The van der Waals surface area contributed by atoms with Crippen LogP contribution in [0, 0.1) is 0 Å². The summed E-state index contributed by atoms with van der Waals surface area (Å²) in [5.74, 6) is 0.185. The van der Waals surface area contributed by atoms with Gasteiger partial charge in [-0.25, -0.2) is 0 Å². The monoisotopic (exact) mass is 508 g/mol. The fourth-order valence-corrected chi connectivity index (χ4v) is 4.29. The molecule has 4 rings (SSSR count). The Hall–Kier alpha value is -3.49. The first kappa shape index (κ1) is 24.6. The molecule has 0 aliphatic carbocycles. The maximum Gasteiger partial charge on any atom is 0.256 e. The second-order valence-electron chi connectivity index (χ2n) is 8.06. The topological polar surface area (TPSA) is 74.8 Å². The highest BCUT2D eigenvalue weighted by atomic mass is 35.5. The lowest BCUT2D eigenvalue weighted by molar-refractivity contribution is -0.124. The standard InChI is InChI=1S/C26H25ClN4O3S/c1-2-14-34-22-11-7-20(8-12-22)29-24(32)15-23-25(33)31(21-9-5-19(27)6-10-21)26(35)30(23)17-18-4-3-13-28-16-18/h3-13,16,23H,2,14-15,17H2,1H3,(H,29,32). The zero-order valence-corrected chi connectivity index (χ0v) is 20.8. The van der Waals surface area contributed by atoms with Crippen LogP contribution in [0.15, 0.2) is 73.1 Å². The van der Waals surface area contributed by atoms with Gasteiger partial charge >= 0.3 is 0 Å². The number of benzene rings is 2. The number of anilines is 2. The van der Waals surface area contributed by atoms with Gasteiger partial charge in [0.2, 0.25) is 5.91 Å². The first-order chi connectivity index (χ1) is 17.0. The zero-order chi connectivity index (χ0) is 24.8. The zero-order valence-electron chi connectivity index (χ0n) is 19.2. The first-order valence-corrected chi connectivity index (χ1v) is 12.1. The lowest BCUT2D eigenvalue weighted by Crippen LogP contribution is -2.37. The number of aromatic nitrogens is 1. The van der Waals surface area contributed by atoms with Crippen LogP contribution in [-0.4, -0.2) is 39.5 Å². The van der Waals surface area contributed by atoms with Crippen molar-refractivity contribution in [1.29, 1.82) is 0 Å². The van der Waals surface area contributed by atoms with Crippen LogP contribution in [0.5, 0.6) is 5.75 Å². The third-order valence-electron chi connectivity index (χ3n) is 5.47. The summed E-state index contributed by atoms with van der Waals surface area (Å²) in [5, 5.41) is 3.76. The normalized spacial score (nSPS) is 15.4. The average molecular weight is 509 g/mol. The molecule has 1 fully saturated rings. The SMILES string of the molecule is CCCOc1ccc(NC(=O)CC2C(=O)N(c3ccc(Cl)cc3)C(=S)N2Cc2cccnc2)cc1.